The van der Waals surface area contributed by atoms with E-state index < -0.39 is 5.75 Å². The summed E-state index contributed by atoms with van der Waals surface area (Å²) in [7, 11) is 0. The maximum absolute atomic E-state index is 12.6. The quantitative estimate of drug-likeness (QED) is 0.553. The van der Waals surface area contributed by atoms with Gasteiger partial charge in [0.15, 0.2) is 11.5 Å². The molecule has 0 spiro atoms. The second-order valence-electron chi connectivity index (χ2n) is 5.22. The Morgan fingerprint density at radius 3 is 2.81 bits per heavy atom. The van der Waals surface area contributed by atoms with Crippen molar-refractivity contribution in [3.05, 3.63) is 47.0 Å². The number of amides is 1. The highest BCUT2D eigenvalue weighted by Gasteiger charge is 2.28. The van der Waals surface area contributed by atoms with Gasteiger partial charge in [0.1, 0.15) is 0 Å². The molecule has 108 valence electrons. The van der Waals surface area contributed by atoms with Crippen molar-refractivity contribution in [3.63, 3.8) is 0 Å². The van der Waals surface area contributed by atoms with Crippen LogP contribution in [0.5, 0.6) is 11.5 Å². The monoisotopic (exact) mass is 284 g/mol. The predicted molar refractivity (Wildman–Crippen MR) is 80.7 cm³/mol. The zero-order valence-corrected chi connectivity index (χ0v) is 11.6. The summed E-state index contributed by atoms with van der Waals surface area (Å²) in [5.74, 6) is -1.04. The molecular weight excluding hydrogens is 268 g/mol. The first-order valence-electron chi connectivity index (χ1n) is 6.71. The first kappa shape index (κ1) is 13.3. The van der Waals surface area contributed by atoms with Crippen LogP contribution in [0, 0.1) is 6.92 Å². The molecule has 3 rings (SSSR count). The van der Waals surface area contributed by atoms with Crippen LogP contribution in [0.4, 0.5) is 11.4 Å². The van der Waals surface area contributed by atoms with Gasteiger partial charge in [-0.25, -0.2) is 0 Å². The third-order valence-corrected chi connectivity index (χ3v) is 3.85. The Balaban J connectivity index is 2.03. The van der Waals surface area contributed by atoms with Gasteiger partial charge in [-0.3, -0.25) is 4.79 Å². The second-order valence-corrected chi connectivity index (χ2v) is 5.22. The minimum absolute atomic E-state index is 0.0852. The summed E-state index contributed by atoms with van der Waals surface area (Å²) in [6.45, 7) is 2.47. The average molecular weight is 284 g/mol. The number of hydrogen-bond acceptors (Lipinski definition) is 4. The largest absolute Gasteiger partial charge is 0.504 e. The van der Waals surface area contributed by atoms with E-state index in [9.17, 15) is 15.0 Å². The van der Waals surface area contributed by atoms with Crippen LogP contribution in [0.1, 0.15) is 21.5 Å². The number of carbonyl (C=O) groups excluding carboxylic acids is 1. The molecule has 0 radical (unpaired) electrons. The minimum atomic E-state index is -0.393. The van der Waals surface area contributed by atoms with Crippen molar-refractivity contribution < 1.29 is 15.0 Å². The summed E-state index contributed by atoms with van der Waals surface area (Å²) in [6, 6.07) is 8.14. The Labute approximate surface area is 122 Å². The van der Waals surface area contributed by atoms with Crippen LogP contribution in [0.2, 0.25) is 0 Å². The standard InChI is InChI=1S/C16H16N2O3/c1-9-7-10-5-6-18(13(10)8-12(9)17)16(21)11-3-2-4-14(19)15(11)20/h2-4,7-8,19-20H,5-6,17H2,1H3. The number of para-hydroxylation sites is 1. The van der Waals surface area contributed by atoms with Crippen LogP contribution in [-0.2, 0) is 6.42 Å². The molecule has 4 N–H and O–H groups in total. The first-order chi connectivity index (χ1) is 9.99. The summed E-state index contributed by atoms with van der Waals surface area (Å²) in [6.07, 6.45) is 0.752. The van der Waals surface area contributed by atoms with Gasteiger partial charge in [0.05, 0.1) is 5.56 Å². The number of carbonyl (C=O) groups is 1. The molecule has 1 aliphatic rings. The molecule has 2 aromatic rings. The lowest BCUT2D eigenvalue weighted by atomic mass is 10.1. The molecule has 1 aliphatic heterocycles. The molecule has 1 amide bonds. The van der Waals surface area contributed by atoms with Gasteiger partial charge in [0.25, 0.3) is 5.91 Å². The zero-order valence-electron chi connectivity index (χ0n) is 11.6. The maximum Gasteiger partial charge on any atom is 0.262 e. The van der Waals surface area contributed by atoms with E-state index in [4.69, 9.17) is 5.73 Å². The minimum Gasteiger partial charge on any atom is -0.504 e. The number of aryl methyl sites for hydroxylation is 1. The Bertz CT molecular complexity index is 741. The van der Waals surface area contributed by atoms with E-state index in [2.05, 4.69) is 0 Å². The van der Waals surface area contributed by atoms with Gasteiger partial charge < -0.3 is 20.8 Å². The smallest absolute Gasteiger partial charge is 0.262 e. The van der Waals surface area contributed by atoms with Crippen LogP contribution < -0.4 is 10.6 Å². The molecule has 0 fully saturated rings. The molecule has 2 aromatic carbocycles. The van der Waals surface area contributed by atoms with E-state index in [1.54, 1.807) is 11.0 Å². The topological polar surface area (TPSA) is 86.8 Å². The van der Waals surface area contributed by atoms with Crippen molar-refractivity contribution in [1.82, 2.24) is 0 Å². The van der Waals surface area contributed by atoms with Crippen LogP contribution >= 0.6 is 0 Å². The summed E-state index contributed by atoms with van der Waals surface area (Å²) >= 11 is 0. The number of anilines is 2. The number of hydrogen-bond donors (Lipinski definition) is 3. The normalized spacial score (nSPS) is 13.3. The number of nitrogen functional groups attached to an aromatic ring is 1. The maximum atomic E-state index is 12.6. The van der Waals surface area contributed by atoms with E-state index in [0.29, 0.717) is 12.2 Å². The molecule has 0 unspecified atom stereocenters. The van der Waals surface area contributed by atoms with Crippen molar-refractivity contribution in [1.29, 1.82) is 0 Å². The van der Waals surface area contributed by atoms with Gasteiger partial charge >= 0.3 is 0 Å². The molecule has 1 heterocycles. The van der Waals surface area contributed by atoms with Crippen LogP contribution in [0.3, 0.4) is 0 Å². The second kappa shape index (κ2) is 4.70. The number of phenols is 2. The highest BCUT2D eigenvalue weighted by molar-refractivity contribution is 6.09. The van der Waals surface area contributed by atoms with Crippen molar-refractivity contribution in [2.24, 2.45) is 0 Å². The highest BCUT2D eigenvalue weighted by Crippen LogP contribution is 2.35. The SMILES string of the molecule is Cc1cc2c(cc1N)N(C(=O)c1cccc(O)c1O)CC2. The van der Waals surface area contributed by atoms with Crippen molar-refractivity contribution in [3.8, 4) is 11.5 Å². The highest BCUT2D eigenvalue weighted by atomic mass is 16.3. The first-order valence-corrected chi connectivity index (χ1v) is 6.71. The van der Waals surface area contributed by atoms with Crippen molar-refractivity contribution >= 4 is 17.3 Å². The number of nitrogens with zero attached hydrogens (tertiary/aromatic N) is 1. The lowest BCUT2D eigenvalue weighted by Crippen LogP contribution is -2.29. The number of nitrogens with two attached hydrogens (primary N) is 1. The predicted octanol–water partition coefficient (Wildman–Crippen LogP) is 2.19. The van der Waals surface area contributed by atoms with Crippen molar-refractivity contribution in [2.75, 3.05) is 17.2 Å². The summed E-state index contributed by atoms with van der Waals surface area (Å²) < 4.78 is 0. The van der Waals surface area contributed by atoms with Gasteiger partial charge in [-0.05, 0) is 42.7 Å². The van der Waals surface area contributed by atoms with Gasteiger partial charge in [0.2, 0.25) is 0 Å². The fourth-order valence-corrected chi connectivity index (χ4v) is 2.64. The number of phenolic OH excluding ortho intramolecular Hbond substituents is 2. The van der Waals surface area contributed by atoms with Gasteiger partial charge in [-0.2, -0.15) is 0 Å². The van der Waals surface area contributed by atoms with E-state index in [1.807, 2.05) is 13.0 Å². The molecule has 0 aliphatic carbocycles. The Morgan fingerprint density at radius 1 is 1.29 bits per heavy atom. The summed E-state index contributed by atoms with van der Waals surface area (Å²) in [4.78, 5) is 14.2. The summed E-state index contributed by atoms with van der Waals surface area (Å²) in [5, 5.41) is 19.4. The molecule has 0 bridgehead atoms. The number of benzene rings is 2. The third-order valence-electron chi connectivity index (χ3n) is 3.85. The fourth-order valence-electron chi connectivity index (χ4n) is 2.64. The Hall–Kier alpha value is -2.69. The lowest BCUT2D eigenvalue weighted by molar-refractivity contribution is 0.0986. The molecule has 5 nitrogen and oxygen atoms in total. The number of rotatable bonds is 1. The molecule has 0 aromatic heterocycles. The molecule has 0 atom stereocenters. The van der Waals surface area contributed by atoms with Crippen LogP contribution in [0.25, 0.3) is 0 Å². The molecule has 0 saturated carbocycles. The number of aromatic hydroxyl groups is 2. The van der Waals surface area contributed by atoms with Gasteiger partial charge in [0, 0.05) is 17.9 Å². The zero-order chi connectivity index (χ0) is 15.1. The fraction of sp³-hybridized carbons (Fsp3) is 0.188. The Morgan fingerprint density at radius 2 is 2.05 bits per heavy atom. The lowest BCUT2D eigenvalue weighted by Gasteiger charge is -2.19. The van der Waals surface area contributed by atoms with E-state index in [0.717, 1.165) is 23.2 Å². The summed E-state index contributed by atoms with van der Waals surface area (Å²) in [5.41, 5.74) is 9.46. The van der Waals surface area contributed by atoms with Crippen molar-refractivity contribution in [2.45, 2.75) is 13.3 Å². The third kappa shape index (κ3) is 2.07. The molecule has 5 heteroatoms. The van der Waals surface area contributed by atoms with E-state index >= 15 is 0 Å². The van der Waals surface area contributed by atoms with E-state index in [1.165, 1.54) is 18.2 Å². The molecular formula is C16H16N2O3. The van der Waals surface area contributed by atoms with Gasteiger partial charge in [-0.15, -0.1) is 0 Å². The van der Waals surface area contributed by atoms with E-state index in [-0.39, 0.29) is 17.2 Å². The Kier molecular flexibility index (Phi) is 2.97. The molecule has 21 heavy (non-hydrogen) atoms. The number of fused-ring (bicyclic) bond motifs is 1. The average Bonchev–Trinajstić information content (AvgIpc) is 2.84. The molecule has 0 saturated heterocycles. The van der Waals surface area contributed by atoms with Crippen LogP contribution in [0.15, 0.2) is 30.3 Å². The van der Waals surface area contributed by atoms with Crippen LogP contribution in [-0.4, -0.2) is 22.7 Å². The van der Waals surface area contributed by atoms with Gasteiger partial charge in [-0.1, -0.05) is 12.1 Å².